The Morgan fingerprint density at radius 3 is 2.77 bits per heavy atom. The first kappa shape index (κ1) is 20.0. The van der Waals surface area contributed by atoms with Gasteiger partial charge in [-0.1, -0.05) is 18.2 Å². The normalized spacial score (nSPS) is 15.1. The second-order valence-electron chi connectivity index (χ2n) is 7.38. The van der Waals surface area contributed by atoms with Crippen LogP contribution in [0.25, 0.3) is 17.1 Å². The van der Waals surface area contributed by atoms with E-state index in [9.17, 15) is 4.79 Å². The van der Waals surface area contributed by atoms with Gasteiger partial charge in [0.05, 0.1) is 0 Å². The van der Waals surface area contributed by atoms with Gasteiger partial charge in [-0.25, -0.2) is 0 Å². The summed E-state index contributed by atoms with van der Waals surface area (Å²) in [5.74, 6) is -0.0625. The minimum Gasteiger partial charge on any atom is -0.353 e. The molecule has 1 aromatic carbocycles. The van der Waals surface area contributed by atoms with E-state index in [1.807, 2.05) is 35.1 Å². The summed E-state index contributed by atoms with van der Waals surface area (Å²) in [5.41, 5.74) is 2.90. The third-order valence-corrected chi connectivity index (χ3v) is 5.26. The Hall–Kier alpha value is -3.26. The lowest BCUT2D eigenvalue weighted by atomic mass is 10.2. The number of hydrogen-bond acceptors (Lipinski definition) is 6. The fraction of sp³-hybridized carbons (Fsp3) is 0.364. The molecule has 0 radical (unpaired) electrons. The smallest absolute Gasteiger partial charge is 0.243 e. The number of rotatable bonds is 8. The minimum absolute atomic E-state index is 0.0625. The lowest BCUT2D eigenvalue weighted by Gasteiger charge is -2.35. The average molecular weight is 406 g/mol. The van der Waals surface area contributed by atoms with Crippen LogP contribution in [-0.2, 0) is 4.79 Å². The number of para-hydroxylation sites is 1. The standard InChI is InChI=1S/C22H27N7O/c30-22(10-9-19-6-5-11-23-18-19)24-12-3-4-13-27-14-16-28(17-15-27)29-21-8-2-1-7-20(21)25-26-29/h1-2,5-11,18H,3-4,12-17H2,(H,24,30)/b10-9-. The molecule has 8 nitrogen and oxygen atoms in total. The average Bonchev–Trinajstić information content (AvgIpc) is 3.23. The summed E-state index contributed by atoms with van der Waals surface area (Å²) in [5, 5.41) is 13.7. The van der Waals surface area contributed by atoms with Gasteiger partial charge in [0, 0.05) is 51.2 Å². The number of benzene rings is 1. The molecule has 156 valence electrons. The van der Waals surface area contributed by atoms with Crippen LogP contribution in [0.5, 0.6) is 0 Å². The zero-order chi connectivity index (χ0) is 20.6. The monoisotopic (exact) mass is 405 g/mol. The van der Waals surface area contributed by atoms with Gasteiger partial charge in [0.25, 0.3) is 0 Å². The molecular formula is C22H27N7O. The molecule has 1 fully saturated rings. The Kier molecular flexibility index (Phi) is 6.66. The molecule has 0 atom stereocenters. The van der Waals surface area contributed by atoms with Crippen LogP contribution in [0.2, 0.25) is 0 Å². The highest BCUT2D eigenvalue weighted by atomic mass is 16.1. The van der Waals surface area contributed by atoms with Crippen molar-refractivity contribution in [3.05, 3.63) is 60.4 Å². The van der Waals surface area contributed by atoms with Gasteiger partial charge in [-0.15, -0.1) is 5.10 Å². The first-order valence-electron chi connectivity index (χ1n) is 10.4. The minimum atomic E-state index is -0.0625. The third kappa shape index (κ3) is 5.21. The first-order chi connectivity index (χ1) is 14.8. The van der Waals surface area contributed by atoms with Crippen molar-refractivity contribution < 1.29 is 4.79 Å². The van der Waals surface area contributed by atoms with Gasteiger partial charge in [-0.2, -0.15) is 4.79 Å². The second-order valence-corrected chi connectivity index (χ2v) is 7.38. The molecular weight excluding hydrogens is 378 g/mol. The van der Waals surface area contributed by atoms with Gasteiger partial charge in [0.15, 0.2) is 0 Å². The largest absolute Gasteiger partial charge is 0.353 e. The highest BCUT2D eigenvalue weighted by Crippen LogP contribution is 2.12. The van der Waals surface area contributed by atoms with Crippen LogP contribution < -0.4 is 10.3 Å². The highest BCUT2D eigenvalue weighted by Gasteiger charge is 2.19. The number of hydrogen-bond donors (Lipinski definition) is 1. The Morgan fingerprint density at radius 2 is 1.93 bits per heavy atom. The number of aromatic nitrogens is 4. The van der Waals surface area contributed by atoms with Crippen LogP contribution in [-0.4, -0.2) is 70.2 Å². The van der Waals surface area contributed by atoms with Crippen molar-refractivity contribution in [2.75, 3.05) is 44.3 Å². The summed E-state index contributed by atoms with van der Waals surface area (Å²) in [6.07, 6.45) is 8.83. The Labute approximate surface area is 176 Å². The fourth-order valence-corrected chi connectivity index (χ4v) is 3.59. The van der Waals surface area contributed by atoms with Crippen LogP contribution in [0.15, 0.2) is 54.9 Å². The number of amides is 1. The number of fused-ring (bicyclic) bond motifs is 1. The van der Waals surface area contributed by atoms with Crippen LogP contribution in [0.3, 0.4) is 0 Å². The first-order valence-corrected chi connectivity index (χ1v) is 10.4. The van der Waals surface area contributed by atoms with Crippen molar-refractivity contribution in [3.63, 3.8) is 0 Å². The summed E-state index contributed by atoms with van der Waals surface area (Å²) >= 11 is 0. The predicted molar refractivity (Wildman–Crippen MR) is 117 cm³/mol. The van der Waals surface area contributed by atoms with E-state index in [4.69, 9.17) is 0 Å². The molecule has 3 aromatic rings. The zero-order valence-electron chi connectivity index (χ0n) is 17.0. The molecule has 2 aromatic heterocycles. The molecule has 1 aliphatic heterocycles. The lowest BCUT2D eigenvalue weighted by Crippen LogP contribution is -2.51. The molecule has 30 heavy (non-hydrogen) atoms. The van der Waals surface area contributed by atoms with Crippen LogP contribution >= 0.6 is 0 Å². The van der Waals surface area contributed by atoms with E-state index in [2.05, 4.69) is 36.6 Å². The molecule has 0 spiro atoms. The number of carbonyl (C=O) groups excluding carboxylic acids is 1. The maximum Gasteiger partial charge on any atom is 0.243 e. The van der Waals surface area contributed by atoms with E-state index in [1.54, 1.807) is 24.5 Å². The van der Waals surface area contributed by atoms with Crippen molar-refractivity contribution in [2.24, 2.45) is 0 Å². The zero-order valence-corrected chi connectivity index (χ0v) is 17.0. The van der Waals surface area contributed by atoms with Crippen molar-refractivity contribution in [1.82, 2.24) is 30.3 Å². The number of nitrogens with zero attached hydrogens (tertiary/aromatic N) is 6. The van der Waals surface area contributed by atoms with Gasteiger partial charge >= 0.3 is 0 Å². The number of nitrogens with one attached hydrogen (secondary N) is 1. The summed E-state index contributed by atoms with van der Waals surface area (Å²) in [6, 6.07) is 11.8. The Bertz CT molecular complexity index is 977. The second kappa shape index (κ2) is 9.98. The summed E-state index contributed by atoms with van der Waals surface area (Å²) < 4.78 is 0. The maximum atomic E-state index is 11.9. The SMILES string of the molecule is O=C(/C=C\c1cccnc1)NCCCCN1CCN(n2nnc3ccccc32)CC1. The molecule has 0 unspecified atom stereocenters. The molecule has 3 heterocycles. The molecule has 1 amide bonds. The van der Waals surface area contributed by atoms with E-state index < -0.39 is 0 Å². The number of carbonyl (C=O) groups is 1. The van der Waals surface area contributed by atoms with Gasteiger partial charge in [0.1, 0.15) is 11.0 Å². The molecule has 1 saturated heterocycles. The molecule has 1 aliphatic rings. The number of unbranched alkanes of at least 4 members (excludes halogenated alkanes) is 1. The van der Waals surface area contributed by atoms with Crippen LogP contribution in [0.4, 0.5) is 0 Å². The molecule has 8 heteroatoms. The maximum absolute atomic E-state index is 11.9. The van der Waals surface area contributed by atoms with Crippen molar-refractivity contribution >= 4 is 23.0 Å². The van der Waals surface area contributed by atoms with Crippen molar-refractivity contribution in [3.8, 4) is 0 Å². The fourth-order valence-electron chi connectivity index (χ4n) is 3.59. The van der Waals surface area contributed by atoms with E-state index in [1.165, 1.54) is 0 Å². The van der Waals surface area contributed by atoms with E-state index in [-0.39, 0.29) is 5.91 Å². The number of pyridine rings is 1. The Morgan fingerprint density at radius 1 is 1.07 bits per heavy atom. The summed E-state index contributed by atoms with van der Waals surface area (Å²) in [7, 11) is 0. The highest BCUT2D eigenvalue weighted by molar-refractivity contribution is 5.91. The van der Waals surface area contributed by atoms with Crippen LogP contribution in [0, 0.1) is 0 Å². The van der Waals surface area contributed by atoms with Crippen molar-refractivity contribution in [2.45, 2.75) is 12.8 Å². The lowest BCUT2D eigenvalue weighted by molar-refractivity contribution is -0.116. The van der Waals surface area contributed by atoms with E-state index in [0.717, 1.165) is 62.2 Å². The van der Waals surface area contributed by atoms with E-state index >= 15 is 0 Å². The third-order valence-electron chi connectivity index (χ3n) is 5.26. The molecule has 0 aliphatic carbocycles. The van der Waals surface area contributed by atoms with Crippen molar-refractivity contribution in [1.29, 1.82) is 0 Å². The number of piperazine rings is 1. The molecule has 0 bridgehead atoms. The molecule has 1 N–H and O–H groups in total. The molecule has 4 rings (SSSR count). The Balaban J connectivity index is 1.12. The van der Waals surface area contributed by atoms with Gasteiger partial charge in [-0.05, 0) is 54.4 Å². The predicted octanol–water partition coefficient (Wildman–Crippen LogP) is 1.69. The van der Waals surface area contributed by atoms with Crippen LogP contribution in [0.1, 0.15) is 18.4 Å². The van der Waals surface area contributed by atoms with Gasteiger partial charge < -0.3 is 5.32 Å². The topological polar surface area (TPSA) is 79.2 Å². The quantitative estimate of drug-likeness (QED) is 0.454. The van der Waals surface area contributed by atoms with E-state index in [0.29, 0.717) is 6.54 Å². The summed E-state index contributed by atoms with van der Waals surface area (Å²) in [6.45, 7) is 5.63. The molecule has 0 saturated carbocycles. The summed E-state index contributed by atoms with van der Waals surface area (Å²) in [4.78, 5) is 20.3. The van der Waals surface area contributed by atoms with Gasteiger partial charge in [-0.3, -0.25) is 19.7 Å². The van der Waals surface area contributed by atoms with Gasteiger partial charge in [0.2, 0.25) is 5.91 Å².